The second kappa shape index (κ2) is 10.5. The number of benzene rings is 2. The number of nitrogens with zero attached hydrogens (tertiary/aromatic N) is 1. The number of anilines is 1. The van der Waals surface area contributed by atoms with Crippen LogP contribution in [0.4, 0.5) is 5.69 Å². The Bertz CT molecular complexity index is 1270. The van der Waals surface area contributed by atoms with E-state index in [0.717, 1.165) is 16.0 Å². The van der Waals surface area contributed by atoms with E-state index >= 15 is 0 Å². The summed E-state index contributed by atoms with van der Waals surface area (Å²) < 4.78 is 0. The van der Waals surface area contributed by atoms with E-state index < -0.39 is 23.8 Å². The molecule has 1 unspecified atom stereocenters. The fourth-order valence-electron chi connectivity index (χ4n) is 4.09. The molecule has 2 heterocycles. The number of halogens is 2. The number of aryl methyl sites for hydroxylation is 1. The molecule has 2 aliphatic rings. The van der Waals surface area contributed by atoms with Gasteiger partial charge >= 0.3 is 0 Å². The van der Waals surface area contributed by atoms with Crippen molar-refractivity contribution in [1.82, 2.24) is 10.2 Å². The lowest BCUT2D eigenvalue weighted by atomic mass is 10.0. The number of hydrogen-bond donors (Lipinski definition) is 2. The molecule has 0 radical (unpaired) electrons. The third-order valence-electron chi connectivity index (χ3n) is 5.87. The van der Waals surface area contributed by atoms with Gasteiger partial charge in [0.2, 0.25) is 5.91 Å². The predicted octanol–water partition coefficient (Wildman–Crippen LogP) is 4.19. The first-order chi connectivity index (χ1) is 16.7. The smallest absolute Gasteiger partial charge is 0.278 e. The molecule has 0 saturated carbocycles. The van der Waals surface area contributed by atoms with Crippen LogP contribution < -0.4 is 10.6 Å². The molecule has 0 aromatic heterocycles. The number of carbonyl (C=O) groups is 4. The largest absolute Gasteiger partial charge is 0.351 e. The minimum atomic E-state index is -0.857. The molecule has 0 spiro atoms. The number of piperidine rings is 1. The van der Waals surface area contributed by atoms with Crippen LogP contribution >= 0.6 is 23.2 Å². The zero-order valence-electron chi connectivity index (χ0n) is 18.8. The summed E-state index contributed by atoms with van der Waals surface area (Å²) in [5, 5.41) is 6.44. The SMILES string of the molecule is C=C1CCC(N2C(=O)C=C(Nc3cccc(CCC(=O)Cc4ccc(Cl)c(Cl)c4)c3)C2=O)C(=O)N1. The van der Waals surface area contributed by atoms with Gasteiger partial charge < -0.3 is 10.6 Å². The first-order valence-electron chi connectivity index (χ1n) is 11.1. The summed E-state index contributed by atoms with van der Waals surface area (Å²) in [5.74, 6) is -1.44. The Balaban J connectivity index is 1.35. The highest BCUT2D eigenvalue weighted by Crippen LogP contribution is 2.25. The zero-order valence-corrected chi connectivity index (χ0v) is 20.3. The summed E-state index contributed by atoms with van der Waals surface area (Å²) in [4.78, 5) is 51.0. The fraction of sp³-hybridized carbons (Fsp3) is 0.231. The second-order valence-electron chi connectivity index (χ2n) is 8.51. The number of allylic oxidation sites excluding steroid dienone is 1. The molecule has 2 aromatic carbocycles. The highest BCUT2D eigenvalue weighted by atomic mass is 35.5. The fourth-order valence-corrected chi connectivity index (χ4v) is 4.41. The maximum Gasteiger partial charge on any atom is 0.278 e. The molecule has 35 heavy (non-hydrogen) atoms. The minimum absolute atomic E-state index is 0.0603. The lowest BCUT2D eigenvalue weighted by Crippen LogP contribution is -2.52. The average molecular weight is 512 g/mol. The minimum Gasteiger partial charge on any atom is -0.351 e. The van der Waals surface area contributed by atoms with Crippen LogP contribution in [0.25, 0.3) is 0 Å². The van der Waals surface area contributed by atoms with E-state index in [0.29, 0.717) is 47.1 Å². The Labute approximate surface area is 212 Å². The molecule has 3 amide bonds. The highest BCUT2D eigenvalue weighted by Gasteiger charge is 2.41. The van der Waals surface area contributed by atoms with Crippen LogP contribution in [0.5, 0.6) is 0 Å². The molecular formula is C26H23Cl2N3O4. The number of imide groups is 1. The van der Waals surface area contributed by atoms with Crippen LogP contribution in [0, 0.1) is 0 Å². The summed E-state index contributed by atoms with van der Waals surface area (Å²) >= 11 is 11.9. The van der Waals surface area contributed by atoms with Crippen molar-refractivity contribution in [2.45, 2.75) is 38.1 Å². The number of amides is 3. The molecule has 1 saturated heterocycles. The van der Waals surface area contributed by atoms with Crippen LogP contribution in [-0.4, -0.2) is 34.4 Å². The van der Waals surface area contributed by atoms with Gasteiger partial charge in [-0.25, -0.2) is 0 Å². The van der Waals surface area contributed by atoms with Gasteiger partial charge in [0.25, 0.3) is 11.8 Å². The van der Waals surface area contributed by atoms with Crippen molar-refractivity contribution in [3.05, 3.63) is 87.7 Å². The summed E-state index contributed by atoms with van der Waals surface area (Å²) in [6.07, 6.45) is 3.15. The molecule has 2 N–H and O–H groups in total. The molecule has 2 aromatic rings. The average Bonchev–Trinajstić information content (AvgIpc) is 3.08. The van der Waals surface area contributed by atoms with Crippen LogP contribution in [0.2, 0.25) is 10.0 Å². The second-order valence-corrected chi connectivity index (χ2v) is 9.32. The van der Waals surface area contributed by atoms with E-state index in [1.165, 1.54) is 6.08 Å². The van der Waals surface area contributed by atoms with Crippen molar-refractivity contribution >= 4 is 52.4 Å². The van der Waals surface area contributed by atoms with Crippen molar-refractivity contribution in [1.29, 1.82) is 0 Å². The zero-order chi connectivity index (χ0) is 25.1. The van der Waals surface area contributed by atoms with Gasteiger partial charge in [0.05, 0.1) is 10.0 Å². The van der Waals surface area contributed by atoms with Gasteiger partial charge in [-0.05, 0) is 54.7 Å². The maximum atomic E-state index is 12.9. The standard InChI is InChI=1S/C26H23Cl2N3O4/c1-15-5-10-23(25(34)29-15)31-24(33)14-22(26(31)35)30-18-4-2-3-16(11-18)6-8-19(32)12-17-7-9-20(27)21(28)13-17/h2-4,7,9,11,13-14,23,30H,1,5-6,8,10,12H2,(H,29,34). The number of carbonyl (C=O) groups excluding carboxylic acids is 4. The summed E-state index contributed by atoms with van der Waals surface area (Å²) in [7, 11) is 0. The highest BCUT2D eigenvalue weighted by molar-refractivity contribution is 6.42. The lowest BCUT2D eigenvalue weighted by molar-refractivity contribution is -0.146. The Morgan fingerprint density at radius 1 is 1.09 bits per heavy atom. The van der Waals surface area contributed by atoms with E-state index in [2.05, 4.69) is 17.2 Å². The molecular weight excluding hydrogens is 489 g/mol. The molecule has 1 fully saturated rings. The quantitative estimate of drug-likeness (QED) is 0.518. The Kier molecular flexibility index (Phi) is 7.38. The van der Waals surface area contributed by atoms with Gasteiger partial charge in [-0.1, -0.05) is 48.0 Å². The molecule has 0 bridgehead atoms. The Hall–Kier alpha value is -3.42. The van der Waals surface area contributed by atoms with Crippen molar-refractivity contribution in [3.8, 4) is 0 Å². The third kappa shape index (κ3) is 5.81. The molecule has 2 aliphatic heterocycles. The van der Waals surface area contributed by atoms with E-state index in [-0.39, 0.29) is 17.9 Å². The molecule has 4 rings (SSSR count). The van der Waals surface area contributed by atoms with Crippen molar-refractivity contribution < 1.29 is 19.2 Å². The van der Waals surface area contributed by atoms with Gasteiger partial charge in [-0.2, -0.15) is 0 Å². The van der Waals surface area contributed by atoms with Crippen LogP contribution in [0.3, 0.4) is 0 Å². The lowest BCUT2D eigenvalue weighted by Gasteiger charge is -2.29. The third-order valence-corrected chi connectivity index (χ3v) is 6.61. The number of Topliss-reactive ketones (excluding diaryl/α,β-unsaturated/α-hetero) is 1. The van der Waals surface area contributed by atoms with Crippen LogP contribution in [0.15, 0.2) is 66.5 Å². The van der Waals surface area contributed by atoms with Crippen LogP contribution in [-0.2, 0) is 32.0 Å². The number of ketones is 1. The van der Waals surface area contributed by atoms with Gasteiger partial charge in [0.15, 0.2) is 0 Å². The van der Waals surface area contributed by atoms with Gasteiger partial charge in [-0.3, -0.25) is 24.1 Å². The normalized spacial score (nSPS) is 17.9. The monoisotopic (exact) mass is 511 g/mol. The maximum absolute atomic E-state index is 12.9. The summed E-state index contributed by atoms with van der Waals surface area (Å²) in [5.41, 5.74) is 2.98. The van der Waals surface area contributed by atoms with E-state index in [9.17, 15) is 19.2 Å². The molecule has 1 atom stereocenters. The Morgan fingerprint density at radius 2 is 1.89 bits per heavy atom. The van der Waals surface area contributed by atoms with Crippen molar-refractivity contribution in [2.24, 2.45) is 0 Å². The first kappa shape index (κ1) is 24.7. The van der Waals surface area contributed by atoms with Gasteiger partial charge in [0, 0.05) is 30.3 Å². The van der Waals surface area contributed by atoms with Crippen molar-refractivity contribution in [3.63, 3.8) is 0 Å². The molecule has 0 aliphatic carbocycles. The van der Waals surface area contributed by atoms with Gasteiger partial charge in [-0.15, -0.1) is 0 Å². The van der Waals surface area contributed by atoms with E-state index in [1.807, 2.05) is 12.1 Å². The number of nitrogens with one attached hydrogen (secondary N) is 2. The number of rotatable bonds is 8. The Morgan fingerprint density at radius 3 is 2.63 bits per heavy atom. The first-order valence-corrected chi connectivity index (χ1v) is 11.9. The van der Waals surface area contributed by atoms with E-state index in [1.54, 1.807) is 30.3 Å². The van der Waals surface area contributed by atoms with Crippen LogP contribution in [0.1, 0.15) is 30.4 Å². The van der Waals surface area contributed by atoms with E-state index in [4.69, 9.17) is 23.2 Å². The topological polar surface area (TPSA) is 95.6 Å². The molecule has 7 nitrogen and oxygen atoms in total. The molecule has 9 heteroatoms. The van der Waals surface area contributed by atoms with Crippen molar-refractivity contribution in [2.75, 3.05) is 5.32 Å². The summed E-state index contributed by atoms with van der Waals surface area (Å²) in [6.45, 7) is 3.72. The van der Waals surface area contributed by atoms with Gasteiger partial charge in [0.1, 0.15) is 17.5 Å². The predicted molar refractivity (Wildman–Crippen MR) is 134 cm³/mol. The molecule has 180 valence electrons. The summed E-state index contributed by atoms with van der Waals surface area (Å²) in [6, 6.07) is 11.6. The number of hydrogen-bond acceptors (Lipinski definition) is 5.